The van der Waals surface area contributed by atoms with Crippen LogP contribution in [0.25, 0.3) is 0 Å². The number of para-hydroxylation sites is 2. The van der Waals surface area contributed by atoms with Gasteiger partial charge < -0.3 is 19.5 Å². The lowest BCUT2D eigenvalue weighted by molar-refractivity contribution is -0.122. The minimum absolute atomic E-state index is 0.0154. The first-order valence-corrected chi connectivity index (χ1v) is 10.0. The second-order valence-electron chi connectivity index (χ2n) is 6.27. The van der Waals surface area contributed by atoms with Crippen molar-refractivity contribution in [2.24, 2.45) is 0 Å². The van der Waals surface area contributed by atoms with Crippen LogP contribution < -0.4 is 19.5 Å². The lowest BCUT2D eigenvalue weighted by Gasteiger charge is -2.27. The molecule has 0 spiro atoms. The maximum Gasteiger partial charge on any atom is 0.220 e. The third kappa shape index (κ3) is 5.39. The van der Waals surface area contributed by atoms with Crippen molar-refractivity contribution >= 4 is 21.8 Å². The lowest BCUT2D eigenvalue weighted by Crippen LogP contribution is -2.32. The molecule has 0 radical (unpaired) electrons. The fourth-order valence-corrected chi connectivity index (χ4v) is 3.42. The number of benzene rings is 2. The molecular formula is C21H24BrNO4. The van der Waals surface area contributed by atoms with Gasteiger partial charge in [-0.1, -0.05) is 28.1 Å². The first-order chi connectivity index (χ1) is 13.2. The molecule has 1 heterocycles. The second kappa shape index (κ2) is 9.65. The first-order valence-electron chi connectivity index (χ1n) is 9.23. The molecule has 2 aromatic carbocycles. The van der Waals surface area contributed by atoms with Gasteiger partial charge in [0, 0.05) is 22.9 Å². The van der Waals surface area contributed by atoms with Gasteiger partial charge in [0.2, 0.25) is 5.91 Å². The van der Waals surface area contributed by atoms with Crippen molar-refractivity contribution in [2.75, 3.05) is 19.8 Å². The average molecular weight is 434 g/mol. The fourth-order valence-electron chi connectivity index (χ4n) is 3.04. The molecule has 1 unspecified atom stereocenters. The molecule has 0 saturated heterocycles. The van der Waals surface area contributed by atoms with Crippen molar-refractivity contribution in [1.29, 1.82) is 0 Å². The Hall–Kier alpha value is -2.21. The standard InChI is InChI=1S/C21H24BrNO4/c1-2-25-19-6-3-4-7-20(19)26-12-5-8-21(24)23-17-11-13-27-18-10-9-15(22)14-16(17)18/h3-4,6-7,9-10,14,17H,2,5,8,11-13H2,1H3,(H,23,24). The van der Waals surface area contributed by atoms with Crippen LogP contribution in [-0.4, -0.2) is 25.7 Å². The Bertz CT molecular complexity index is 781. The van der Waals surface area contributed by atoms with Crippen molar-refractivity contribution in [2.45, 2.75) is 32.2 Å². The third-order valence-electron chi connectivity index (χ3n) is 4.30. The van der Waals surface area contributed by atoms with Gasteiger partial charge in [-0.05, 0) is 43.7 Å². The van der Waals surface area contributed by atoms with Crippen molar-refractivity contribution in [3.05, 3.63) is 52.5 Å². The zero-order valence-corrected chi connectivity index (χ0v) is 17.0. The molecule has 27 heavy (non-hydrogen) atoms. The quantitative estimate of drug-likeness (QED) is 0.615. The van der Waals surface area contributed by atoms with Gasteiger partial charge >= 0.3 is 0 Å². The van der Waals surface area contributed by atoms with Crippen LogP contribution in [0.3, 0.4) is 0 Å². The normalized spacial score (nSPS) is 15.4. The molecule has 5 nitrogen and oxygen atoms in total. The van der Waals surface area contributed by atoms with Crippen LogP contribution in [0.15, 0.2) is 46.9 Å². The zero-order chi connectivity index (χ0) is 19.1. The molecule has 2 aromatic rings. The highest BCUT2D eigenvalue weighted by atomic mass is 79.9. The molecule has 0 bridgehead atoms. The molecule has 0 aromatic heterocycles. The van der Waals surface area contributed by atoms with Crippen LogP contribution in [0.1, 0.15) is 37.8 Å². The third-order valence-corrected chi connectivity index (χ3v) is 4.79. The van der Waals surface area contributed by atoms with Crippen molar-refractivity contribution in [1.82, 2.24) is 5.32 Å². The molecule has 1 aliphatic heterocycles. The Kier molecular flexibility index (Phi) is 6.98. The average Bonchev–Trinajstić information content (AvgIpc) is 2.67. The van der Waals surface area contributed by atoms with Crippen LogP contribution in [0.5, 0.6) is 17.2 Å². The molecule has 0 fully saturated rings. The number of amides is 1. The monoisotopic (exact) mass is 433 g/mol. The lowest BCUT2D eigenvalue weighted by atomic mass is 10.0. The van der Waals surface area contributed by atoms with Crippen LogP contribution in [0, 0.1) is 0 Å². The maximum absolute atomic E-state index is 12.3. The fraction of sp³-hybridized carbons (Fsp3) is 0.381. The van der Waals surface area contributed by atoms with E-state index in [1.807, 2.05) is 49.4 Å². The number of ether oxygens (including phenoxy) is 3. The molecule has 1 amide bonds. The van der Waals surface area contributed by atoms with E-state index in [4.69, 9.17) is 14.2 Å². The van der Waals surface area contributed by atoms with E-state index < -0.39 is 0 Å². The van der Waals surface area contributed by atoms with Gasteiger partial charge in [-0.15, -0.1) is 0 Å². The molecule has 0 aliphatic carbocycles. The molecule has 1 atom stereocenters. The molecule has 1 aliphatic rings. The number of halogens is 1. The van der Waals surface area contributed by atoms with E-state index >= 15 is 0 Å². The minimum Gasteiger partial charge on any atom is -0.493 e. The predicted octanol–water partition coefficient (Wildman–Crippen LogP) is 4.65. The largest absolute Gasteiger partial charge is 0.493 e. The summed E-state index contributed by atoms with van der Waals surface area (Å²) < 4.78 is 18.0. The van der Waals surface area contributed by atoms with Gasteiger partial charge in [0.1, 0.15) is 5.75 Å². The summed E-state index contributed by atoms with van der Waals surface area (Å²) in [6.45, 7) is 3.60. The smallest absolute Gasteiger partial charge is 0.220 e. The van der Waals surface area contributed by atoms with Gasteiger partial charge in [0.25, 0.3) is 0 Å². The van der Waals surface area contributed by atoms with Crippen LogP contribution >= 0.6 is 15.9 Å². The van der Waals surface area contributed by atoms with Crippen molar-refractivity contribution in [3.63, 3.8) is 0 Å². The maximum atomic E-state index is 12.3. The second-order valence-corrected chi connectivity index (χ2v) is 7.19. The Morgan fingerprint density at radius 2 is 2.00 bits per heavy atom. The number of carbonyl (C=O) groups excluding carboxylic acids is 1. The number of hydrogen-bond acceptors (Lipinski definition) is 4. The van der Waals surface area contributed by atoms with E-state index in [1.54, 1.807) is 0 Å². The van der Waals surface area contributed by atoms with Crippen molar-refractivity contribution in [3.8, 4) is 17.2 Å². The first kappa shape index (κ1) is 19.5. The predicted molar refractivity (Wildman–Crippen MR) is 107 cm³/mol. The Morgan fingerprint density at radius 1 is 1.22 bits per heavy atom. The summed E-state index contributed by atoms with van der Waals surface area (Å²) >= 11 is 3.48. The molecular weight excluding hydrogens is 410 g/mol. The molecule has 1 N–H and O–H groups in total. The highest BCUT2D eigenvalue weighted by Gasteiger charge is 2.23. The van der Waals surface area contributed by atoms with E-state index in [2.05, 4.69) is 21.2 Å². The van der Waals surface area contributed by atoms with Crippen LogP contribution in [-0.2, 0) is 4.79 Å². The number of fused-ring (bicyclic) bond motifs is 1. The molecule has 0 saturated carbocycles. The number of hydrogen-bond donors (Lipinski definition) is 1. The summed E-state index contributed by atoms with van der Waals surface area (Å²) in [7, 11) is 0. The van der Waals surface area contributed by atoms with Crippen molar-refractivity contribution < 1.29 is 19.0 Å². The summed E-state index contributed by atoms with van der Waals surface area (Å²) in [6, 6.07) is 13.4. The Labute approximate surface area is 168 Å². The molecule has 3 rings (SSSR count). The zero-order valence-electron chi connectivity index (χ0n) is 15.4. The van der Waals surface area contributed by atoms with Gasteiger partial charge in [-0.3, -0.25) is 4.79 Å². The van der Waals surface area contributed by atoms with E-state index in [0.29, 0.717) is 38.4 Å². The topological polar surface area (TPSA) is 56.8 Å². The minimum atomic E-state index is -0.0154. The molecule has 144 valence electrons. The summed E-state index contributed by atoms with van der Waals surface area (Å²) in [5, 5.41) is 3.11. The Balaban J connectivity index is 1.47. The SMILES string of the molecule is CCOc1ccccc1OCCCC(=O)NC1CCOc2ccc(Br)cc21. The van der Waals surface area contributed by atoms with Crippen LogP contribution in [0.4, 0.5) is 0 Å². The van der Waals surface area contributed by atoms with E-state index in [9.17, 15) is 4.79 Å². The number of carbonyl (C=O) groups is 1. The van der Waals surface area contributed by atoms with E-state index in [1.165, 1.54) is 0 Å². The highest BCUT2D eigenvalue weighted by Crippen LogP contribution is 2.34. The highest BCUT2D eigenvalue weighted by molar-refractivity contribution is 9.10. The van der Waals surface area contributed by atoms with Gasteiger partial charge in [-0.25, -0.2) is 0 Å². The molecule has 6 heteroatoms. The summed E-state index contributed by atoms with van der Waals surface area (Å²) in [4.78, 5) is 12.3. The number of rotatable bonds is 8. The summed E-state index contributed by atoms with van der Waals surface area (Å²) in [5.74, 6) is 2.30. The van der Waals surface area contributed by atoms with E-state index in [0.717, 1.165) is 28.0 Å². The number of nitrogens with one attached hydrogen (secondary N) is 1. The van der Waals surface area contributed by atoms with Gasteiger partial charge in [0.05, 0.1) is 25.9 Å². The van der Waals surface area contributed by atoms with Gasteiger partial charge in [0.15, 0.2) is 11.5 Å². The van der Waals surface area contributed by atoms with E-state index in [-0.39, 0.29) is 11.9 Å². The Morgan fingerprint density at radius 3 is 2.78 bits per heavy atom. The van der Waals surface area contributed by atoms with Crippen LogP contribution in [0.2, 0.25) is 0 Å². The summed E-state index contributed by atoms with van der Waals surface area (Å²) in [6.07, 6.45) is 1.83. The van der Waals surface area contributed by atoms with Gasteiger partial charge in [-0.2, -0.15) is 0 Å². The summed E-state index contributed by atoms with van der Waals surface area (Å²) in [5.41, 5.74) is 1.02.